The molecule has 0 amide bonds. The van der Waals surface area contributed by atoms with Gasteiger partial charge in [0.1, 0.15) is 11.2 Å². The molecule has 6 rings (SSSR count). The molecule has 8 nitrogen and oxygen atoms in total. The second kappa shape index (κ2) is 10.5. The zero-order chi connectivity index (χ0) is 28.2. The summed E-state index contributed by atoms with van der Waals surface area (Å²) in [6, 6.07) is 8.93. The number of rotatable bonds is 7. The average molecular weight is 586 g/mol. The van der Waals surface area contributed by atoms with Gasteiger partial charge in [0, 0.05) is 47.9 Å². The number of aliphatic carboxylic acids is 1. The largest absolute Gasteiger partial charge is 0.481 e. The number of pyridine rings is 1. The van der Waals surface area contributed by atoms with Crippen LogP contribution in [0.3, 0.4) is 0 Å². The summed E-state index contributed by atoms with van der Waals surface area (Å²) in [5.41, 5.74) is 1.12. The number of nitrogens with one attached hydrogen (secondary N) is 1. The van der Waals surface area contributed by atoms with E-state index in [4.69, 9.17) is 32.6 Å². The van der Waals surface area contributed by atoms with Crippen LogP contribution in [0.25, 0.3) is 11.1 Å². The van der Waals surface area contributed by atoms with E-state index in [9.17, 15) is 14.7 Å². The number of benzene rings is 1. The molecule has 2 saturated heterocycles. The maximum Gasteiger partial charge on any atom is 0.309 e. The minimum absolute atomic E-state index is 0.157. The van der Waals surface area contributed by atoms with Crippen LogP contribution in [0.4, 0.5) is 11.5 Å². The van der Waals surface area contributed by atoms with Crippen molar-refractivity contribution in [3.63, 3.8) is 0 Å². The van der Waals surface area contributed by atoms with E-state index in [0.717, 1.165) is 56.8 Å². The molecule has 0 radical (unpaired) electrons. The molecule has 212 valence electrons. The fourth-order valence-electron chi connectivity index (χ4n) is 6.68. The third kappa shape index (κ3) is 5.06. The van der Waals surface area contributed by atoms with Crippen LogP contribution in [0.15, 0.2) is 45.8 Å². The van der Waals surface area contributed by atoms with Crippen molar-refractivity contribution in [3.05, 3.63) is 62.4 Å². The number of anilines is 2. The first-order chi connectivity index (χ1) is 19.1. The van der Waals surface area contributed by atoms with Crippen LogP contribution < -0.4 is 15.6 Å². The maximum atomic E-state index is 12.8. The SMILES string of the molecule is C[C@@H](Nc1cc(N2CC([C@H]3CCCN(C4CC(C)(C(=O)O)C4)C3)C2)nc2occc(=O)c12)c1ccc(Cl)cc1Cl. The van der Waals surface area contributed by atoms with Crippen LogP contribution in [0.2, 0.25) is 10.0 Å². The highest BCUT2D eigenvalue weighted by Gasteiger charge is 2.49. The molecule has 10 heteroatoms. The van der Waals surface area contributed by atoms with E-state index in [1.165, 1.54) is 18.8 Å². The normalized spacial score (nSPS) is 26.2. The van der Waals surface area contributed by atoms with Crippen molar-refractivity contribution in [1.82, 2.24) is 9.88 Å². The predicted molar refractivity (Wildman–Crippen MR) is 158 cm³/mol. The summed E-state index contributed by atoms with van der Waals surface area (Å²) in [5, 5.41) is 14.5. The van der Waals surface area contributed by atoms with Gasteiger partial charge < -0.3 is 24.6 Å². The van der Waals surface area contributed by atoms with Gasteiger partial charge in [0.15, 0.2) is 5.43 Å². The van der Waals surface area contributed by atoms with Crippen molar-refractivity contribution in [2.24, 2.45) is 17.3 Å². The van der Waals surface area contributed by atoms with Crippen LogP contribution in [0.1, 0.15) is 51.1 Å². The van der Waals surface area contributed by atoms with Crippen LogP contribution >= 0.6 is 23.2 Å². The lowest BCUT2D eigenvalue weighted by Gasteiger charge is -2.52. The lowest BCUT2D eigenvalue weighted by Crippen LogP contribution is -2.58. The molecular formula is C30H34Cl2N4O4. The quantitative estimate of drug-likeness (QED) is 0.345. The molecule has 0 bridgehead atoms. The average Bonchev–Trinajstić information content (AvgIpc) is 2.86. The monoisotopic (exact) mass is 584 g/mol. The fraction of sp³-hybridized carbons (Fsp3) is 0.500. The van der Waals surface area contributed by atoms with Gasteiger partial charge in [-0.1, -0.05) is 29.3 Å². The summed E-state index contributed by atoms with van der Waals surface area (Å²) in [6.45, 7) is 7.73. The molecule has 1 aliphatic carbocycles. The number of nitrogens with zero attached hydrogens (tertiary/aromatic N) is 3. The Morgan fingerprint density at radius 2 is 1.95 bits per heavy atom. The van der Waals surface area contributed by atoms with Crippen molar-refractivity contribution in [3.8, 4) is 0 Å². The molecule has 3 fully saturated rings. The highest BCUT2D eigenvalue weighted by Crippen LogP contribution is 2.45. The molecule has 3 aliphatic rings. The molecule has 2 N–H and O–H groups in total. The minimum Gasteiger partial charge on any atom is -0.481 e. The summed E-state index contributed by atoms with van der Waals surface area (Å²) >= 11 is 12.5. The number of halogens is 2. The van der Waals surface area contributed by atoms with Gasteiger partial charge in [-0.05, 0) is 75.6 Å². The molecular weight excluding hydrogens is 551 g/mol. The Morgan fingerprint density at radius 3 is 2.67 bits per heavy atom. The molecule has 1 aromatic carbocycles. The molecule has 2 aromatic heterocycles. The van der Waals surface area contributed by atoms with Gasteiger partial charge in [-0.15, -0.1) is 0 Å². The number of piperidine rings is 1. The van der Waals surface area contributed by atoms with E-state index in [2.05, 4.69) is 15.1 Å². The van der Waals surface area contributed by atoms with Gasteiger partial charge in [0.05, 0.1) is 23.4 Å². The summed E-state index contributed by atoms with van der Waals surface area (Å²) in [4.78, 5) is 33.8. The molecule has 0 unspecified atom stereocenters. The van der Waals surface area contributed by atoms with Crippen molar-refractivity contribution in [2.45, 2.75) is 51.6 Å². The van der Waals surface area contributed by atoms with E-state index in [0.29, 0.717) is 44.7 Å². The number of carboxylic acids is 1. The van der Waals surface area contributed by atoms with E-state index < -0.39 is 11.4 Å². The number of likely N-dealkylation sites (tertiary alicyclic amines) is 1. The lowest BCUT2D eigenvalue weighted by atomic mass is 9.65. The first kappa shape index (κ1) is 27.4. The second-order valence-corrected chi connectivity index (χ2v) is 12.9. The van der Waals surface area contributed by atoms with Crippen LogP contribution in [0.5, 0.6) is 0 Å². The smallest absolute Gasteiger partial charge is 0.309 e. The molecule has 3 aromatic rings. The number of hydrogen-bond donors (Lipinski definition) is 2. The van der Waals surface area contributed by atoms with Crippen LogP contribution in [0, 0.1) is 17.3 Å². The number of carbonyl (C=O) groups is 1. The highest BCUT2D eigenvalue weighted by atomic mass is 35.5. The minimum atomic E-state index is -0.676. The Kier molecular flexibility index (Phi) is 7.21. The van der Waals surface area contributed by atoms with Gasteiger partial charge in [0.25, 0.3) is 0 Å². The first-order valence-corrected chi connectivity index (χ1v) is 14.7. The summed E-state index contributed by atoms with van der Waals surface area (Å²) in [6.07, 6.45) is 5.22. The van der Waals surface area contributed by atoms with Gasteiger partial charge >= 0.3 is 5.97 Å². The van der Waals surface area contributed by atoms with Crippen LogP contribution in [-0.2, 0) is 4.79 Å². The zero-order valence-electron chi connectivity index (χ0n) is 22.7. The predicted octanol–water partition coefficient (Wildman–Crippen LogP) is 6.07. The number of hydrogen-bond acceptors (Lipinski definition) is 7. The lowest BCUT2D eigenvalue weighted by molar-refractivity contribution is -0.158. The Labute approximate surface area is 243 Å². The van der Waals surface area contributed by atoms with Crippen LogP contribution in [-0.4, -0.2) is 53.2 Å². The van der Waals surface area contributed by atoms with E-state index in [1.54, 1.807) is 12.1 Å². The van der Waals surface area contributed by atoms with Crippen molar-refractivity contribution < 1.29 is 14.3 Å². The highest BCUT2D eigenvalue weighted by molar-refractivity contribution is 6.35. The third-order valence-electron chi connectivity index (χ3n) is 9.21. The molecule has 4 heterocycles. The van der Waals surface area contributed by atoms with Gasteiger partial charge in [-0.2, -0.15) is 4.98 Å². The van der Waals surface area contributed by atoms with Crippen molar-refractivity contribution in [1.29, 1.82) is 0 Å². The van der Waals surface area contributed by atoms with Gasteiger partial charge in [0.2, 0.25) is 5.71 Å². The van der Waals surface area contributed by atoms with Gasteiger partial charge in [-0.3, -0.25) is 9.59 Å². The maximum absolute atomic E-state index is 12.8. The van der Waals surface area contributed by atoms with Gasteiger partial charge in [-0.25, -0.2) is 0 Å². The Hall–Kier alpha value is -2.81. The summed E-state index contributed by atoms with van der Waals surface area (Å²) in [7, 11) is 0. The Morgan fingerprint density at radius 1 is 1.18 bits per heavy atom. The molecule has 2 aliphatic heterocycles. The van der Waals surface area contributed by atoms with E-state index >= 15 is 0 Å². The topological polar surface area (TPSA) is 98.9 Å². The molecule has 1 saturated carbocycles. The number of carboxylic acid groups (broad SMARTS) is 1. The number of aromatic nitrogens is 1. The Bertz CT molecular complexity index is 1500. The Balaban J connectivity index is 1.16. The summed E-state index contributed by atoms with van der Waals surface area (Å²) < 4.78 is 5.69. The van der Waals surface area contributed by atoms with Crippen molar-refractivity contribution >= 4 is 51.8 Å². The number of fused-ring (bicyclic) bond motifs is 1. The standard InChI is InChI=1S/C30H34Cl2N4O4/c1-17(22-6-5-20(31)10-23(22)32)33-24-11-26(34-28-27(24)25(37)7-9-40-28)36-15-19(16-36)18-4-3-8-35(14-18)21-12-30(2,13-21)29(38)39/h5-7,9-11,17-19,21H,3-4,8,12-16H2,1-2H3,(H,33,34)(H,38,39)/t17-,18+,21?,30?/m1/s1. The summed E-state index contributed by atoms with van der Waals surface area (Å²) in [5.74, 6) is 1.24. The molecule has 0 spiro atoms. The van der Waals surface area contributed by atoms with Crippen molar-refractivity contribution in [2.75, 3.05) is 36.4 Å². The first-order valence-electron chi connectivity index (χ1n) is 14.0. The zero-order valence-corrected chi connectivity index (χ0v) is 24.2. The van der Waals surface area contributed by atoms with E-state index in [1.807, 2.05) is 26.0 Å². The fourth-order valence-corrected chi connectivity index (χ4v) is 7.26. The third-order valence-corrected chi connectivity index (χ3v) is 9.78. The second-order valence-electron chi connectivity index (χ2n) is 12.0. The van der Waals surface area contributed by atoms with E-state index in [-0.39, 0.29) is 11.5 Å². The molecule has 40 heavy (non-hydrogen) atoms. The molecule has 2 atom stereocenters.